The minimum atomic E-state index is -0.00106. The molecule has 0 aromatic rings. The van der Waals surface area contributed by atoms with E-state index >= 15 is 0 Å². The van der Waals surface area contributed by atoms with Gasteiger partial charge in [-0.3, -0.25) is 4.79 Å². The van der Waals surface area contributed by atoms with Gasteiger partial charge in [0.25, 0.3) is 0 Å². The number of nitrogens with zero attached hydrogens (tertiary/aromatic N) is 2. The molecular weight excluding hydrogens is 352 g/mol. The molecule has 148 valence electrons. The highest BCUT2D eigenvalue weighted by Gasteiger charge is 2.40. The Morgan fingerprint density at radius 2 is 2.23 bits per heavy atom. The smallest absolute Gasteiger partial charge is 0.243 e. The average molecular weight is 385 g/mol. The zero-order chi connectivity index (χ0) is 18.4. The predicted molar refractivity (Wildman–Crippen MR) is 105 cm³/mol. The zero-order valence-corrected chi connectivity index (χ0v) is 16.8. The van der Waals surface area contributed by atoms with Crippen molar-refractivity contribution in [3.8, 4) is 0 Å². The molecule has 0 bridgehead atoms. The number of amides is 1. The Morgan fingerprint density at radius 1 is 1.35 bits per heavy atom. The maximum atomic E-state index is 11.9. The molecule has 3 aliphatic heterocycles. The molecule has 3 aliphatic rings. The SMILES string of the molecule is CN(C)C(=O)CN=C(NCC1CCCO1)NC1CCOC2(CCSC2)C1. The fourth-order valence-corrected chi connectivity index (χ4v) is 5.04. The summed E-state index contributed by atoms with van der Waals surface area (Å²) in [4.78, 5) is 18.0. The van der Waals surface area contributed by atoms with Crippen molar-refractivity contribution in [3.63, 3.8) is 0 Å². The third-order valence-corrected chi connectivity index (χ3v) is 6.52. The van der Waals surface area contributed by atoms with Crippen LogP contribution in [0.2, 0.25) is 0 Å². The van der Waals surface area contributed by atoms with Crippen molar-refractivity contribution in [1.82, 2.24) is 15.5 Å². The van der Waals surface area contributed by atoms with Crippen LogP contribution in [0, 0.1) is 0 Å². The van der Waals surface area contributed by atoms with E-state index in [-0.39, 0.29) is 24.2 Å². The van der Waals surface area contributed by atoms with Gasteiger partial charge in [0.1, 0.15) is 6.54 Å². The number of hydrogen-bond acceptors (Lipinski definition) is 5. The molecule has 26 heavy (non-hydrogen) atoms. The van der Waals surface area contributed by atoms with Crippen molar-refractivity contribution >= 4 is 23.6 Å². The second kappa shape index (κ2) is 9.28. The highest BCUT2D eigenvalue weighted by atomic mass is 32.2. The molecule has 0 saturated carbocycles. The molecule has 1 spiro atoms. The lowest BCUT2D eigenvalue weighted by molar-refractivity contribution is -0.127. The maximum Gasteiger partial charge on any atom is 0.243 e. The Kier molecular flexibility index (Phi) is 7.05. The third-order valence-electron chi connectivity index (χ3n) is 5.29. The van der Waals surface area contributed by atoms with Crippen LogP contribution in [0.15, 0.2) is 4.99 Å². The molecule has 3 saturated heterocycles. The number of carbonyl (C=O) groups is 1. The summed E-state index contributed by atoms with van der Waals surface area (Å²) >= 11 is 1.98. The molecule has 7 nitrogen and oxygen atoms in total. The minimum Gasteiger partial charge on any atom is -0.376 e. The van der Waals surface area contributed by atoms with Crippen molar-refractivity contribution in [1.29, 1.82) is 0 Å². The largest absolute Gasteiger partial charge is 0.376 e. The van der Waals surface area contributed by atoms with Gasteiger partial charge in [0.2, 0.25) is 5.91 Å². The van der Waals surface area contributed by atoms with Gasteiger partial charge in [-0.1, -0.05) is 0 Å². The highest BCUT2D eigenvalue weighted by Crippen LogP contribution is 2.38. The Balaban J connectivity index is 1.57. The van der Waals surface area contributed by atoms with E-state index in [2.05, 4.69) is 15.6 Å². The number of ether oxygens (including phenoxy) is 2. The van der Waals surface area contributed by atoms with E-state index < -0.39 is 0 Å². The van der Waals surface area contributed by atoms with Crippen LogP contribution < -0.4 is 10.6 Å². The Labute approximate surface area is 160 Å². The third kappa shape index (κ3) is 5.50. The summed E-state index contributed by atoms with van der Waals surface area (Å²) in [5.74, 6) is 2.98. The Morgan fingerprint density at radius 3 is 2.92 bits per heavy atom. The quantitative estimate of drug-likeness (QED) is 0.541. The zero-order valence-electron chi connectivity index (χ0n) is 16.0. The standard InChI is InChI=1S/C18H32N4O3S/c1-22(2)16(23)12-20-17(19-11-15-4-3-7-24-15)21-14-5-8-25-18(10-14)6-9-26-13-18/h14-15H,3-13H2,1-2H3,(H2,19,20,21). The van der Waals surface area contributed by atoms with Gasteiger partial charge < -0.3 is 25.0 Å². The maximum absolute atomic E-state index is 11.9. The summed E-state index contributed by atoms with van der Waals surface area (Å²) in [6, 6.07) is 0.327. The van der Waals surface area contributed by atoms with E-state index in [1.807, 2.05) is 11.8 Å². The van der Waals surface area contributed by atoms with Crippen molar-refractivity contribution in [3.05, 3.63) is 0 Å². The van der Waals surface area contributed by atoms with Gasteiger partial charge in [-0.15, -0.1) is 0 Å². The first-order valence-corrected chi connectivity index (χ1v) is 10.8. The molecule has 3 rings (SSSR count). The molecule has 3 unspecified atom stereocenters. The summed E-state index contributed by atoms with van der Waals surface area (Å²) in [6.45, 7) is 2.50. The Bertz CT molecular complexity index is 503. The van der Waals surface area contributed by atoms with E-state index in [4.69, 9.17) is 9.47 Å². The van der Waals surface area contributed by atoms with Gasteiger partial charge in [0.05, 0.1) is 11.7 Å². The molecule has 3 heterocycles. The molecule has 3 fully saturated rings. The molecule has 0 aromatic heterocycles. The highest BCUT2D eigenvalue weighted by molar-refractivity contribution is 7.99. The van der Waals surface area contributed by atoms with Crippen molar-refractivity contribution in [2.75, 3.05) is 51.9 Å². The van der Waals surface area contributed by atoms with Gasteiger partial charge in [0.15, 0.2) is 5.96 Å². The molecule has 3 atom stereocenters. The number of rotatable bonds is 5. The van der Waals surface area contributed by atoms with E-state index in [9.17, 15) is 4.79 Å². The summed E-state index contributed by atoms with van der Waals surface area (Å²) in [6.07, 6.45) is 5.53. The molecular formula is C18H32N4O3S. The molecule has 8 heteroatoms. The van der Waals surface area contributed by atoms with Crippen molar-refractivity contribution < 1.29 is 14.3 Å². The number of hydrogen-bond donors (Lipinski definition) is 2. The normalized spacial score (nSPS) is 32.0. The molecule has 0 aromatic carbocycles. The Hall–Kier alpha value is -0.990. The van der Waals surface area contributed by atoms with E-state index in [0.717, 1.165) is 57.6 Å². The van der Waals surface area contributed by atoms with Gasteiger partial charge in [-0.2, -0.15) is 11.8 Å². The van der Waals surface area contributed by atoms with Crippen molar-refractivity contribution in [2.45, 2.75) is 49.9 Å². The van der Waals surface area contributed by atoms with Crippen molar-refractivity contribution in [2.24, 2.45) is 4.99 Å². The van der Waals surface area contributed by atoms with Crippen LogP contribution in [0.4, 0.5) is 0 Å². The number of aliphatic imine (C=N–C) groups is 1. The number of thioether (sulfide) groups is 1. The second-order valence-electron chi connectivity index (χ2n) is 7.64. The average Bonchev–Trinajstić information content (AvgIpc) is 3.29. The van der Waals surface area contributed by atoms with Gasteiger partial charge >= 0.3 is 0 Å². The van der Waals surface area contributed by atoms with Crippen LogP contribution in [0.5, 0.6) is 0 Å². The lowest BCUT2D eigenvalue weighted by Crippen LogP contribution is -2.52. The van der Waals surface area contributed by atoms with Crippen LogP contribution >= 0.6 is 11.8 Å². The predicted octanol–water partition coefficient (Wildman–Crippen LogP) is 0.844. The first-order valence-electron chi connectivity index (χ1n) is 9.65. The number of likely N-dealkylation sites (N-methyl/N-ethyl adjacent to an activating group) is 1. The monoisotopic (exact) mass is 384 g/mol. The van der Waals surface area contributed by atoms with Crippen LogP contribution in [-0.4, -0.2) is 86.4 Å². The number of nitrogens with one attached hydrogen (secondary N) is 2. The van der Waals surface area contributed by atoms with Gasteiger partial charge in [-0.25, -0.2) is 4.99 Å². The van der Waals surface area contributed by atoms with Crippen LogP contribution in [0.1, 0.15) is 32.1 Å². The summed E-state index contributed by atoms with van der Waals surface area (Å²) in [5, 5.41) is 6.93. The van der Waals surface area contributed by atoms with E-state index in [0.29, 0.717) is 12.0 Å². The fourth-order valence-electron chi connectivity index (χ4n) is 3.66. The summed E-state index contributed by atoms with van der Waals surface area (Å²) in [7, 11) is 3.51. The van der Waals surface area contributed by atoms with Gasteiger partial charge in [0, 0.05) is 45.6 Å². The number of carbonyl (C=O) groups excluding carboxylic acids is 1. The van der Waals surface area contributed by atoms with E-state index in [1.165, 1.54) is 5.75 Å². The lowest BCUT2D eigenvalue weighted by Gasteiger charge is -2.38. The molecule has 2 N–H and O–H groups in total. The van der Waals surface area contributed by atoms with Crippen LogP contribution in [-0.2, 0) is 14.3 Å². The molecule has 1 amide bonds. The molecule has 0 radical (unpaired) electrons. The summed E-state index contributed by atoms with van der Waals surface area (Å²) < 4.78 is 11.8. The first kappa shape index (κ1) is 19.8. The van der Waals surface area contributed by atoms with Gasteiger partial charge in [-0.05, 0) is 37.9 Å². The van der Waals surface area contributed by atoms with Crippen LogP contribution in [0.3, 0.4) is 0 Å². The second-order valence-corrected chi connectivity index (χ2v) is 8.74. The number of guanidine groups is 1. The lowest BCUT2D eigenvalue weighted by atomic mass is 9.90. The fraction of sp³-hybridized carbons (Fsp3) is 0.889. The minimum absolute atomic E-state index is 0.00106. The van der Waals surface area contributed by atoms with E-state index in [1.54, 1.807) is 19.0 Å². The topological polar surface area (TPSA) is 75.2 Å². The summed E-state index contributed by atoms with van der Waals surface area (Å²) in [5.41, 5.74) is 0.0275. The molecule has 0 aliphatic carbocycles. The van der Waals surface area contributed by atoms with Crippen LogP contribution in [0.25, 0.3) is 0 Å². The first-order chi connectivity index (χ1) is 12.6.